The number of nitrogens with zero attached hydrogens (tertiary/aromatic N) is 1. The van der Waals surface area contributed by atoms with Crippen molar-refractivity contribution in [3.05, 3.63) is 24.6 Å². The van der Waals surface area contributed by atoms with E-state index in [0.717, 1.165) is 5.71 Å². The van der Waals surface area contributed by atoms with Gasteiger partial charge < -0.3 is 4.74 Å². The summed E-state index contributed by atoms with van der Waals surface area (Å²) in [5.41, 5.74) is 0.844. The van der Waals surface area contributed by atoms with Gasteiger partial charge in [0.2, 0.25) is 0 Å². The summed E-state index contributed by atoms with van der Waals surface area (Å²) in [4.78, 5) is 4.07. The molecule has 70 valence electrons. The Morgan fingerprint density at radius 2 is 2.23 bits per heavy atom. The van der Waals surface area contributed by atoms with Crippen LogP contribution in [0.1, 0.15) is 20.8 Å². The summed E-state index contributed by atoms with van der Waals surface area (Å²) in [7, 11) is 0. The van der Waals surface area contributed by atoms with Crippen molar-refractivity contribution in [3.8, 4) is 12.3 Å². The van der Waals surface area contributed by atoms with E-state index in [2.05, 4.69) is 17.5 Å². The molecule has 1 atom stereocenters. The van der Waals surface area contributed by atoms with Crippen molar-refractivity contribution in [2.75, 3.05) is 0 Å². The number of terminal acetylenes is 1. The second kappa shape index (κ2) is 6.07. The molecule has 0 bridgehead atoms. The average molecular weight is 177 g/mol. The van der Waals surface area contributed by atoms with Crippen molar-refractivity contribution in [3.63, 3.8) is 0 Å². The molecular weight excluding hydrogens is 162 g/mol. The van der Waals surface area contributed by atoms with Crippen LogP contribution in [0.3, 0.4) is 0 Å². The van der Waals surface area contributed by atoms with Crippen molar-refractivity contribution >= 4 is 5.71 Å². The van der Waals surface area contributed by atoms with Gasteiger partial charge in [-0.15, -0.1) is 6.42 Å². The van der Waals surface area contributed by atoms with Crippen LogP contribution < -0.4 is 0 Å². The van der Waals surface area contributed by atoms with Crippen LogP contribution in [-0.4, -0.2) is 11.8 Å². The maximum Gasteiger partial charge on any atom is 0.155 e. The molecule has 0 saturated carbocycles. The lowest BCUT2D eigenvalue weighted by atomic mass is 10.4. The Hall–Kier alpha value is -1.49. The van der Waals surface area contributed by atoms with Crippen LogP contribution in [0, 0.1) is 12.3 Å². The quantitative estimate of drug-likeness (QED) is 0.367. The molecule has 0 amide bonds. The zero-order chi connectivity index (χ0) is 10.3. The number of hydrogen-bond acceptors (Lipinski definition) is 2. The van der Waals surface area contributed by atoms with E-state index in [-0.39, 0.29) is 6.10 Å². The van der Waals surface area contributed by atoms with Crippen LogP contribution in [0.15, 0.2) is 29.6 Å². The Morgan fingerprint density at radius 3 is 2.69 bits per heavy atom. The van der Waals surface area contributed by atoms with E-state index in [9.17, 15) is 0 Å². The molecule has 0 aromatic carbocycles. The summed E-state index contributed by atoms with van der Waals surface area (Å²) in [5, 5.41) is 0. The number of rotatable bonds is 4. The summed E-state index contributed by atoms with van der Waals surface area (Å²) >= 11 is 0. The first-order valence-electron chi connectivity index (χ1n) is 4.06. The normalized spacial score (nSPS) is 14.6. The third-order valence-electron chi connectivity index (χ3n) is 1.34. The maximum absolute atomic E-state index is 5.28. The second-order valence-corrected chi connectivity index (χ2v) is 2.64. The van der Waals surface area contributed by atoms with Gasteiger partial charge in [0, 0.05) is 5.71 Å². The van der Waals surface area contributed by atoms with Gasteiger partial charge in [0.05, 0.1) is 6.20 Å². The molecule has 2 heteroatoms. The van der Waals surface area contributed by atoms with Crippen LogP contribution in [0.4, 0.5) is 0 Å². The van der Waals surface area contributed by atoms with Crippen molar-refractivity contribution in [2.24, 2.45) is 4.99 Å². The highest BCUT2D eigenvalue weighted by Crippen LogP contribution is 2.00. The molecule has 0 spiro atoms. The fourth-order valence-corrected chi connectivity index (χ4v) is 0.589. The van der Waals surface area contributed by atoms with Crippen molar-refractivity contribution < 1.29 is 4.74 Å². The second-order valence-electron chi connectivity index (χ2n) is 2.64. The summed E-state index contributed by atoms with van der Waals surface area (Å²) in [6, 6.07) is 0. The zero-order valence-electron chi connectivity index (χ0n) is 8.37. The van der Waals surface area contributed by atoms with Gasteiger partial charge in [0.25, 0.3) is 0 Å². The van der Waals surface area contributed by atoms with Gasteiger partial charge in [-0.05, 0) is 26.8 Å². The maximum atomic E-state index is 5.28. The molecule has 2 nitrogen and oxygen atoms in total. The highest BCUT2D eigenvalue weighted by Gasteiger charge is 1.95. The molecular formula is C11H15NO. The summed E-state index contributed by atoms with van der Waals surface area (Å²) in [6.45, 7) is 9.07. The van der Waals surface area contributed by atoms with Crippen LogP contribution in [0.2, 0.25) is 0 Å². The fraction of sp³-hybridized carbons (Fsp3) is 0.364. The monoisotopic (exact) mass is 177 g/mol. The van der Waals surface area contributed by atoms with Crippen molar-refractivity contribution in [1.82, 2.24) is 0 Å². The van der Waals surface area contributed by atoms with E-state index in [1.807, 2.05) is 13.8 Å². The fourth-order valence-electron chi connectivity index (χ4n) is 0.589. The Labute approximate surface area is 80.0 Å². The molecule has 0 aliphatic rings. The first-order valence-corrected chi connectivity index (χ1v) is 4.06. The largest absolute Gasteiger partial charge is 0.481 e. The predicted octanol–water partition coefficient (Wildman–Crippen LogP) is 2.53. The number of hydrogen-bond donors (Lipinski definition) is 0. The Kier molecular flexibility index (Phi) is 5.38. The highest BCUT2D eigenvalue weighted by atomic mass is 16.5. The first kappa shape index (κ1) is 11.5. The third-order valence-corrected chi connectivity index (χ3v) is 1.34. The van der Waals surface area contributed by atoms with Gasteiger partial charge in [-0.2, -0.15) is 0 Å². The number of ether oxygens (including phenoxy) is 1. The van der Waals surface area contributed by atoms with Gasteiger partial charge >= 0.3 is 0 Å². The van der Waals surface area contributed by atoms with Crippen LogP contribution in [0.5, 0.6) is 0 Å². The minimum atomic E-state index is -0.213. The Balaban J connectivity index is 4.19. The molecule has 0 saturated heterocycles. The number of aliphatic imine (C=N–C) groups is 1. The van der Waals surface area contributed by atoms with E-state index in [4.69, 9.17) is 11.2 Å². The molecule has 0 unspecified atom stereocenters. The standard InChI is InChI=1S/C11H15NO/c1-6-9(3)12-8-11(5)13-10(4)7-2/h2,6,8,10H,1H2,3-5H3/b11-8+,12-9-/t10-/m0/s1. The predicted molar refractivity (Wildman–Crippen MR) is 56.4 cm³/mol. The molecule has 0 heterocycles. The van der Waals surface area contributed by atoms with Gasteiger partial charge in [0.15, 0.2) is 6.10 Å². The summed E-state index contributed by atoms with van der Waals surface area (Å²) < 4.78 is 5.28. The molecule has 0 radical (unpaired) electrons. The minimum Gasteiger partial charge on any atom is -0.481 e. The van der Waals surface area contributed by atoms with Crippen molar-refractivity contribution in [1.29, 1.82) is 0 Å². The molecule has 0 aromatic heterocycles. The van der Waals surface area contributed by atoms with Crippen molar-refractivity contribution in [2.45, 2.75) is 26.9 Å². The van der Waals surface area contributed by atoms with E-state index in [1.54, 1.807) is 19.2 Å². The summed E-state index contributed by atoms with van der Waals surface area (Å²) in [6.07, 6.45) is 8.24. The minimum absolute atomic E-state index is 0.213. The Morgan fingerprint density at radius 1 is 1.62 bits per heavy atom. The molecule has 0 aliphatic carbocycles. The van der Waals surface area contributed by atoms with E-state index < -0.39 is 0 Å². The third kappa shape index (κ3) is 5.75. The van der Waals surface area contributed by atoms with Gasteiger partial charge in [-0.1, -0.05) is 12.5 Å². The molecule has 13 heavy (non-hydrogen) atoms. The van der Waals surface area contributed by atoms with Gasteiger partial charge in [0.1, 0.15) is 5.76 Å². The lowest BCUT2D eigenvalue weighted by Gasteiger charge is -2.07. The van der Waals surface area contributed by atoms with Gasteiger partial charge in [-0.25, -0.2) is 0 Å². The zero-order valence-corrected chi connectivity index (χ0v) is 8.37. The molecule has 0 aliphatic heterocycles. The Bertz CT molecular complexity index is 268. The summed E-state index contributed by atoms with van der Waals surface area (Å²) in [5.74, 6) is 3.17. The average Bonchev–Trinajstić information content (AvgIpc) is 2.13. The van der Waals surface area contributed by atoms with E-state index in [0.29, 0.717) is 5.76 Å². The SMILES string of the molecule is C#C[C@H](C)O/C(C)=C/N=C(/C)C=C. The van der Waals surface area contributed by atoms with Gasteiger partial charge in [-0.3, -0.25) is 4.99 Å². The van der Waals surface area contributed by atoms with Crippen LogP contribution >= 0.6 is 0 Å². The smallest absolute Gasteiger partial charge is 0.155 e. The molecule has 0 fully saturated rings. The van der Waals surface area contributed by atoms with E-state index in [1.165, 1.54) is 0 Å². The topological polar surface area (TPSA) is 21.6 Å². The number of allylic oxidation sites excluding steroid dienone is 2. The van der Waals surface area contributed by atoms with Crippen LogP contribution in [0.25, 0.3) is 0 Å². The first-order chi connectivity index (χ1) is 6.10. The van der Waals surface area contributed by atoms with E-state index >= 15 is 0 Å². The highest BCUT2D eigenvalue weighted by molar-refractivity contribution is 5.92. The lowest BCUT2D eigenvalue weighted by Crippen LogP contribution is -2.02. The van der Waals surface area contributed by atoms with Crippen LogP contribution in [-0.2, 0) is 4.74 Å². The molecule has 0 N–H and O–H groups in total. The lowest BCUT2D eigenvalue weighted by molar-refractivity contribution is 0.178. The molecule has 0 rings (SSSR count). The molecule has 0 aromatic rings.